The number of unbranched alkanes of at least 4 members (excludes halogenated alkanes) is 28. The summed E-state index contributed by atoms with van der Waals surface area (Å²) in [6, 6.07) is 0. The molecule has 0 aliphatic heterocycles. The highest BCUT2D eigenvalue weighted by molar-refractivity contribution is 5.71. The van der Waals surface area contributed by atoms with E-state index in [2.05, 4.69) is 154 Å². The van der Waals surface area contributed by atoms with Gasteiger partial charge in [0.1, 0.15) is 13.2 Å². The Labute approximate surface area is 506 Å². The maximum atomic E-state index is 12.9. The molecule has 1 unspecified atom stereocenters. The number of carbonyl (C=O) groups excluding carboxylic acids is 3. The smallest absolute Gasteiger partial charge is 0.306 e. The number of allylic oxidation sites excluding steroid dienone is 22. The van der Waals surface area contributed by atoms with Gasteiger partial charge in [-0.15, -0.1) is 0 Å². The van der Waals surface area contributed by atoms with E-state index in [1.165, 1.54) is 135 Å². The van der Waals surface area contributed by atoms with E-state index < -0.39 is 6.10 Å². The SMILES string of the molecule is CC/C=C\C/C=C\C/C=C\C/C=C\C/C=C\C/C=C\CCCCCCCCCCCCCCCCC(=O)OCC(COC(=O)CCCCCCCCCCCCCC)OC(=O)CCCCC/C=C\C/C=C\C/C=C\C/C=C\C/C=C\CC. The predicted octanol–water partition coefficient (Wildman–Crippen LogP) is 23.7. The van der Waals surface area contributed by atoms with Crippen LogP contribution in [-0.4, -0.2) is 37.2 Å². The molecule has 0 saturated carbocycles. The average Bonchev–Trinajstić information content (AvgIpc) is 3.47. The van der Waals surface area contributed by atoms with Crippen molar-refractivity contribution < 1.29 is 28.6 Å². The van der Waals surface area contributed by atoms with Gasteiger partial charge < -0.3 is 14.2 Å². The molecule has 0 saturated heterocycles. The van der Waals surface area contributed by atoms with Gasteiger partial charge in [0.2, 0.25) is 0 Å². The van der Waals surface area contributed by atoms with Crippen molar-refractivity contribution in [1.29, 1.82) is 0 Å². The molecule has 0 bridgehead atoms. The van der Waals surface area contributed by atoms with Crippen molar-refractivity contribution in [3.05, 3.63) is 134 Å². The van der Waals surface area contributed by atoms with Gasteiger partial charge in [-0.1, -0.05) is 309 Å². The van der Waals surface area contributed by atoms with Gasteiger partial charge in [-0.25, -0.2) is 0 Å². The molecule has 0 aromatic heterocycles. The van der Waals surface area contributed by atoms with Gasteiger partial charge in [0.25, 0.3) is 0 Å². The van der Waals surface area contributed by atoms with Crippen LogP contribution in [0.2, 0.25) is 0 Å². The van der Waals surface area contributed by atoms with Crippen LogP contribution in [-0.2, 0) is 28.6 Å². The second kappa shape index (κ2) is 69.0. The fraction of sp³-hybridized carbons (Fsp3) is 0.671. The van der Waals surface area contributed by atoms with Crippen LogP contribution in [0.4, 0.5) is 0 Å². The molecular formula is C76H126O6. The van der Waals surface area contributed by atoms with Crippen LogP contribution >= 0.6 is 0 Å². The summed E-state index contributed by atoms with van der Waals surface area (Å²) in [4.78, 5) is 38.3. The van der Waals surface area contributed by atoms with E-state index in [1.54, 1.807) is 0 Å². The summed E-state index contributed by atoms with van der Waals surface area (Å²) in [7, 11) is 0. The van der Waals surface area contributed by atoms with E-state index in [9.17, 15) is 14.4 Å². The van der Waals surface area contributed by atoms with Crippen molar-refractivity contribution in [1.82, 2.24) is 0 Å². The van der Waals surface area contributed by atoms with E-state index in [0.717, 1.165) is 135 Å². The molecule has 0 radical (unpaired) electrons. The first-order valence-electron chi connectivity index (χ1n) is 34.2. The molecule has 466 valence electrons. The summed E-state index contributed by atoms with van der Waals surface area (Å²) in [5, 5.41) is 0. The standard InChI is InChI=1S/C76H126O6/c1-4-7-10-13-16-19-22-25-27-29-31-32-33-34-35-36-37-38-39-40-41-42-43-44-46-47-49-51-54-57-60-63-66-69-75(78)81-72-73(71-80-74(77)68-65-62-59-56-53-24-21-18-15-12-9-6-3)82-76(79)70-67-64-61-58-55-52-50-48-45-30-28-26-23-20-17-14-11-8-5-2/h7-8,10-11,16-17,19-20,25-28,31-32,34-35,37-38,45,48,52,55,73H,4-6,9,12-15,18,21-24,29-30,33,36,39-44,46-47,49-51,53-54,56-72H2,1-3H3/b10-7-,11-8-,19-16-,20-17-,27-25-,28-26-,32-31-,35-34-,38-37-,48-45-,55-52-. The molecule has 0 aliphatic rings. The maximum absolute atomic E-state index is 12.9. The molecule has 0 rings (SSSR count). The largest absolute Gasteiger partial charge is 0.462 e. The Bertz CT molecular complexity index is 1730. The van der Waals surface area contributed by atoms with Crippen molar-refractivity contribution in [2.24, 2.45) is 0 Å². The van der Waals surface area contributed by atoms with Crippen molar-refractivity contribution >= 4 is 17.9 Å². The fourth-order valence-corrected chi connectivity index (χ4v) is 9.36. The summed E-state index contributed by atoms with van der Waals surface area (Å²) in [6.07, 6.45) is 97.6. The van der Waals surface area contributed by atoms with Crippen LogP contribution < -0.4 is 0 Å². The highest BCUT2D eigenvalue weighted by atomic mass is 16.6. The van der Waals surface area contributed by atoms with Crippen LogP contribution in [0.1, 0.15) is 310 Å². The molecule has 6 nitrogen and oxygen atoms in total. The number of carbonyl (C=O) groups is 3. The third-order valence-electron chi connectivity index (χ3n) is 14.4. The summed E-state index contributed by atoms with van der Waals surface area (Å²) >= 11 is 0. The number of rotatable bonds is 61. The van der Waals surface area contributed by atoms with Crippen LogP contribution in [0.5, 0.6) is 0 Å². The molecule has 6 heteroatoms. The number of hydrogen-bond acceptors (Lipinski definition) is 6. The van der Waals surface area contributed by atoms with Gasteiger partial charge in [-0.05, 0) is 116 Å². The molecule has 0 heterocycles. The minimum Gasteiger partial charge on any atom is -0.462 e. The zero-order valence-corrected chi connectivity index (χ0v) is 53.5. The molecule has 0 fully saturated rings. The van der Waals surface area contributed by atoms with E-state index in [-0.39, 0.29) is 37.5 Å². The van der Waals surface area contributed by atoms with Gasteiger partial charge in [0.05, 0.1) is 0 Å². The quantitative estimate of drug-likeness (QED) is 0.0261. The number of ether oxygens (including phenoxy) is 3. The van der Waals surface area contributed by atoms with E-state index >= 15 is 0 Å². The molecule has 0 spiro atoms. The Morgan fingerprint density at radius 1 is 0.256 bits per heavy atom. The summed E-state index contributed by atoms with van der Waals surface area (Å²) in [6.45, 7) is 6.40. The summed E-state index contributed by atoms with van der Waals surface area (Å²) in [5.74, 6) is -0.917. The fourth-order valence-electron chi connectivity index (χ4n) is 9.36. The Morgan fingerprint density at radius 3 is 0.756 bits per heavy atom. The lowest BCUT2D eigenvalue weighted by molar-refractivity contribution is -0.167. The van der Waals surface area contributed by atoms with E-state index in [0.29, 0.717) is 12.8 Å². The molecule has 0 aromatic carbocycles. The van der Waals surface area contributed by atoms with Crippen LogP contribution in [0.25, 0.3) is 0 Å². The second-order valence-electron chi connectivity index (χ2n) is 22.3. The predicted molar refractivity (Wildman–Crippen MR) is 357 cm³/mol. The lowest BCUT2D eigenvalue weighted by Gasteiger charge is -2.18. The Balaban J connectivity index is 4.25. The number of esters is 3. The monoisotopic (exact) mass is 1130 g/mol. The normalized spacial score (nSPS) is 13.0. The lowest BCUT2D eigenvalue weighted by Crippen LogP contribution is -2.30. The third kappa shape index (κ3) is 66.4. The molecule has 0 N–H and O–H groups in total. The van der Waals surface area contributed by atoms with Crippen molar-refractivity contribution in [3.63, 3.8) is 0 Å². The first-order valence-corrected chi connectivity index (χ1v) is 34.2. The minimum absolute atomic E-state index is 0.0908. The maximum Gasteiger partial charge on any atom is 0.306 e. The topological polar surface area (TPSA) is 78.9 Å². The molecule has 1 atom stereocenters. The zero-order chi connectivity index (χ0) is 59.2. The van der Waals surface area contributed by atoms with Gasteiger partial charge >= 0.3 is 17.9 Å². The first-order chi connectivity index (χ1) is 40.5. The minimum atomic E-state index is -0.798. The Morgan fingerprint density at radius 2 is 0.476 bits per heavy atom. The van der Waals surface area contributed by atoms with Crippen molar-refractivity contribution in [3.8, 4) is 0 Å². The third-order valence-corrected chi connectivity index (χ3v) is 14.4. The van der Waals surface area contributed by atoms with Crippen molar-refractivity contribution in [2.45, 2.75) is 316 Å². The van der Waals surface area contributed by atoms with E-state index in [1.807, 2.05) is 0 Å². The zero-order valence-electron chi connectivity index (χ0n) is 53.5. The van der Waals surface area contributed by atoms with E-state index in [4.69, 9.17) is 14.2 Å². The Kier molecular flexibility index (Phi) is 65.3. The molecule has 0 aromatic rings. The summed E-state index contributed by atoms with van der Waals surface area (Å²) in [5.41, 5.74) is 0. The molecule has 82 heavy (non-hydrogen) atoms. The molecule has 0 amide bonds. The van der Waals surface area contributed by atoms with Gasteiger partial charge in [-0.3, -0.25) is 14.4 Å². The van der Waals surface area contributed by atoms with Crippen molar-refractivity contribution in [2.75, 3.05) is 13.2 Å². The first kappa shape index (κ1) is 77.5. The Hall–Kier alpha value is -4.45. The molecule has 0 aliphatic carbocycles. The van der Waals surface area contributed by atoms with Gasteiger partial charge in [0.15, 0.2) is 6.10 Å². The highest BCUT2D eigenvalue weighted by Gasteiger charge is 2.19. The lowest BCUT2D eigenvalue weighted by atomic mass is 10.0. The average molecular weight is 1140 g/mol. The number of hydrogen-bond donors (Lipinski definition) is 0. The second-order valence-corrected chi connectivity index (χ2v) is 22.3. The van der Waals surface area contributed by atoms with Crippen LogP contribution in [0.15, 0.2) is 134 Å². The van der Waals surface area contributed by atoms with Crippen LogP contribution in [0.3, 0.4) is 0 Å². The van der Waals surface area contributed by atoms with Gasteiger partial charge in [0, 0.05) is 19.3 Å². The highest BCUT2D eigenvalue weighted by Crippen LogP contribution is 2.16. The van der Waals surface area contributed by atoms with Gasteiger partial charge in [-0.2, -0.15) is 0 Å². The van der Waals surface area contributed by atoms with Crippen LogP contribution in [0, 0.1) is 0 Å². The summed E-state index contributed by atoms with van der Waals surface area (Å²) < 4.78 is 16.9. The molecular weight excluding hydrogens is 1010 g/mol.